The van der Waals surface area contributed by atoms with Crippen molar-refractivity contribution in [2.24, 2.45) is 0 Å². The van der Waals surface area contributed by atoms with Crippen LogP contribution in [0.5, 0.6) is 0 Å². The van der Waals surface area contributed by atoms with Crippen molar-refractivity contribution in [3.05, 3.63) is 59.7 Å². The van der Waals surface area contributed by atoms with Gasteiger partial charge in [-0.15, -0.1) is 0 Å². The Hall–Kier alpha value is -1.87. The normalized spacial score (nSPS) is 15.3. The Morgan fingerprint density at radius 2 is 1.68 bits per heavy atom. The minimum atomic E-state index is -3.50. The number of hydrogen-bond donors (Lipinski definition) is 2. The summed E-state index contributed by atoms with van der Waals surface area (Å²) in [4.78, 5) is 15.0. The molecule has 2 aromatic carbocycles. The Balaban J connectivity index is 1.55. The van der Waals surface area contributed by atoms with E-state index in [2.05, 4.69) is 14.9 Å². The third-order valence-corrected chi connectivity index (χ3v) is 7.10. The number of anilines is 1. The summed E-state index contributed by atoms with van der Waals surface area (Å²) < 4.78 is 25.7. The van der Waals surface area contributed by atoms with Crippen molar-refractivity contribution in [3.8, 4) is 0 Å². The minimum absolute atomic E-state index is 0.128. The van der Waals surface area contributed by atoms with Crippen LogP contribution < -0.4 is 10.0 Å². The molecular formula is C20H25N3O3S2. The molecule has 0 saturated carbocycles. The summed E-state index contributed by atoms with van der Waals surface area (Å²) >= 11 is 2.01. The first-order valence-electron chi connectivity index (χ1n) is 9.22. The Bertz CT molecular complexity index is 891. The highest BCUT2D eigenvalue weighted by Gasteiger charge is 2.13. The van der Waals surface area contributed by atoms with Crippen LogP contribution in [0.25, 0.3) is 0 Å². The summed E-state index contributed by atoms with van der Waals surface area (Å²) in [5, 5.41) is 2.85. The Kier molecular flexibility index (Phi) is 7.12. The van der Waals surface area contributed by atoms with Gasteiger partial charge in [0.25, 0.3) is 5.91 Å². The van der Waals surface area contributed by atoms with Crippen molar-refractivity contribution < 1.29 is 13.2 Å². The topological polar surface area (TPSA) is 78.5 Å². The zero-order valence-corrected chi connectivity index (χ0v) is 17.5. The Morgan fingerprint density at radius 3 is 2.29 bits per heavy atom. The number of nitrogens with zero attached hydrogens (tertiary/aromatic N) is 1. The highest BCUT2D eigenvalue weighted by atomic mass is 32.2. The summed E-state index contributed by atoms with van der Waals surface area (Å²) in [6, 6.07) is 13.7. The molecule has 0 radical (unpaired) electrons. The average molecular weight is 420 g/mol. The lowest BCUT2D eigenvalue weighted by Gasteiger charge is -2.26. The SMILES string of the molecule is CNS(=O)(=O)c1ccc(C(=O)Nc2ccc(CCN3CCSCC3)cc2)cc1. The fraction of sp³-hybridized carbons (Fsp3) is 0.350. The van der Waals surface area contributed by atoms with Gasteiger partial charge in [0.2, 0.25) is 10.0 Å². The van der Waals surface area contributed by atoms with Crippen molar-refractivity contribution in [3.63, 3.8) is 0 Å². The number of hydrogen-bond acceptors (Lipinski definition) is 5. The van der Waals surface area contributed by atoms with E-state index in [1.54, 1.807) is 0 Å². The van der Waals surface area contributed by atoms with E-state index in [0.717, 1.165) is 31.7 Å². The van der Waals surface area contributed by atoms with E-state index >= 15 is 0 Å². The second-order valence-corrected chi connectivity index (χ2v) is 9.70. The van der Waals surface area contributed by atoms with Gasteiger partial charge in [0.05, 0.1) is 4.90 Å². The molecule has 0 atom stereocenters. The van der Waals surface area contributed by atoms with Crippen LogP contribution in [0.1, 0.15) is 15.9 Å². The second-order valence-electron chi connectivity index (χ2n) is 6.59. The molecule has 2 aromatic rings. The Morgan fingerprint density at radius 1 is 1.04 bits per heavy atom. The van der Waals surface area contributed by atoms with Crippen LogP contribution in [0.4, 0.5) is 5.69 Å². The van der Waals surface area contributed by atoms with E-state index in [9.17, 15) is 13.2 Å². The third kappa shape index (κ3) is 5.57. The van der Waals surface area contributed by atoms with Crippen LogP contribution in [-0.4, -0.2) is 57.4 Å². The molecule has 1 saturated heterocycles. The van der Waals surface area contributed by atoms with Crippen LogP contribution in [-0.2, 0) is 16.4 Å². The van der Waals surface area contributed by atoms with Crippen LogP contribution in [0.3, 0.4) is 0 Å². The van der Waals surface area contributed by atoms with Gasteiger partial charge in [0.15, 0.2) is 0 Å². The number of thioether (sulfide) groups is 1. The number of carbonyl (C=O) groups is 1. The van der Waals surface area contributed by atoms with Crippen molar-refractivity contribution >= 4 is 33.4 Å². The monoisotopic (exact) mass is 419 g/mol. The van der Waals surface area contributed by atoms with Crippen LogP contribution in [0.2, 0.25) is 0 Å². The van der Waals surface area contributed by atoms with Crippen molar-refractivity contribution in [1.82, 2.24) is 9.62 Å². The largest absolute Gasteiger partial charge is 0.322 e. The standard InChI is InChI=1S/C20H25N3O3S2/c1-21-28(25,26)19-8-4-17(5-9-19)20(24)22-18-6-2-16(3-7-18)10-11-23-12-14-27-15-13-23/h2-9,21H,10-15H2,1H3,(H,22,24). The lowest BCUT2D eigenvalue weighted by Crippen LogP contribution is -2.34. The van der Waals surface area contributed by atoms with Gasteiger partial charge in [-0.1, -0.05) is 12.1 Å². The van der Waals surface area contributed by atoms with Gasteiger partial charge in [0.1, 0.15) is 0 Å². The van der Waals surface area contributed by atoms with Gasteiger partial charge >= 0.3 is 0 Å². The summed E-state index contributed by atoms with van der Waals surface area (Å²) in [7, 11) is -2.15. The van der Waals surface area contributed by atoms with Crippen molar-refractivity contribution in [2.45, 2.75) is 11.3 Å². The lowest BCUT2D eigenvalue weighted by molar-refractivity contribution is 0.102. The number of carbonyl (C=O) groups excluding carboxylic acids is 1. The average Bonchev–Trinajstić information content (AvgIpc) is 2.74. The van der Waals surface area contributed by atoms with Gasteiger partial charge in [-0.05, 0) is 55.4 Å². The molecule has 0 spiro atoms. The van der Waals surface area contributed by atoms with Gasteiger partial charge in [-0.25, -0.2) is 13.1 Å². The minimum Gasteiger partial charge on any atom is -0.322 e. The summed E-state index contributed by atoms with van der Waals surface area (Å²) in [5.74, 6) is 2.16. The van der Waals surface area contributed by atoms with Crippen molar-refractivity contribution in [2.75, 3.05) is 43.5 Å². The van der Waals surface area contributed by atoms with E-state index in [-0.39, 0.29) is 10.8 Å². The van der Waals surface area contributed by atoms with Crippen LogP contribution in [0, 0.1) is 0 Å². The number of benzene rings is 2. The predicted octanol–water partition coefficient (Wildman–Crippen LogP) is 2.44. The molecule has 1 amide bonds. The molecule has 3 rings (SSSR count). The maximum absolute atomic E-state index is 12.4. The van der Waals surface area contributed by atoms with E-state index < -0.39 is 10.0 Å². The molecule has 28 heavy (non-hydrogen) atoms. The molecule has 0 aromatic heterocycles. The van der Waals surface area contributed by atoms with Gasteiger partial charge in [-0.3, -0.25) is 4.79 Å². The second kappa shape index (κ2) is 9.56. The molecule has 0 unspecified atom stereocenters. The highest BCUT2D eigenvalue weighted by molar-refractivity contribution is 7.99. The van der Waals surface area contributed by atoms with Crippen LogP contribution >= 0.6 is 11.8 Å². The zero-order valence-electron chi connectivity index (χ0n) is 15.8. The molecule has 2 N–H and O–H groups in total. The third-order valence-electron chi connectivity index (χ3n) is 4.73. The molecular weight excluding hydrogens is 394 g/mol. The number of rotatable bonds is 7. The molecule has 1 fully saturated rings. The predicted molar refractivity (Wildman–Crippen MR) is 115 cm³/mol. The van der Waals surface area contributed by atoms with Gasteiger partial charge in [-0.2, -0.15) is 11.8 Å². The van der Waals surface area contributed by atoms with Gasteiger partial charge in [0, 0.05) is 42.4 Å². The van der Waals surface area contributed by atoms with Crippen LogP contribution in [0.15, 0.2) is 53.4 Å². The first-order valence-corrected chi connectivity index (χ1v) is 11.9. The van der Waals surface area contributed by atoms with Crippen molar-refractivity contribution in [1.29, 1.82) is 0 Å². The van der Waals surface area contributed by atoms with E-state index in [1.165, 1.54) is 48.4 Å². The fourth-order valence-electron chi connectivity index (χ4n) is 2.97. The number of sulfonamides is 1. The number of amides is 1. The maximum atomic E-state index is 12.4. The first kappa shape index (κ1) is 20.9. The van der Waals surface area contributed by atoms with Gasteiger partial charge < -0.3 is 10.2 Å². The molecule has 1 aliphatic rings. The molecule has 0 aliphatic carbocycles. The van der Waals surface area contributed by atoms with E-state index in [1.807, 2.05) is 36.0 Å². The molecule has 8 heteroatoms. The first-order chi connectivity index (χ1) is 13.5. The number of nitrogens with one attached hydrogen (secondary N) is 2. The smallest absolute Gasteiger partial charge is 0.255 e. The molecule has 0 bridgehead atoms. The lowest BCUT2D eigenvalue weighted by atomic mass is 10.1. The highest BCUT2D eigenvalue weighted by Crippen LogP contribution is 2.15. The summed E-state index contributed by atoms with van der Waals surface area (Å²) in [5.41, 5.74) is 2.37. The summed E-state index contributed by atoms with van der Waals surface area (Å²) in [6.45, 7) is 3.38. The molecule has 150 valence electrons. The molecule has 6 nitrogen and oxygen atoms in total. The fourth-order valence-corrected chi connectivity index (χ4v) is 4.68. The maximum Gasteiger partial charge on any atom is 0.255 e. The zero-order chi connectivity index (χ0) is 20.0. The van der Waals surface area contributed by atoms with E-state index in [0.29, 0.717) is 5.56 Å². The quantitative estimate of drug-likeness (QED) is 0.721. The summed E-state index contributed by atoms with van der Waals surface area (Å²) in [6.07, 6.45) is 1.00. The molecule has 1 heterocycles. The Labute approximate surface area is 170 Å². The molecule has 1 aliphatic heterocycles. The van der Waals surface area contributed by atoms with E-state index in [4.69, 9.17) is 0 Å².